The van der Waals surface area contributed by atoms with Crippen molar-refractivity contribution in [2.45, 2.75) is 62.0 Å². The summed E-state index contributed by atoms with van der Waals surface area (Å²) in [6, 6.07) is 32.0. The van der Waals surface area contributed by atoms with E-state index in [1.165, 1.54) is 30.4 Å². The molecule has 3 heteroatoms. The summed E-state index contributed by atoms with van der Waals surface area (Å²) in [5.74, 6) is 0.776. The van der Waals surface area contributed by atoms with Gasteiger partial charge in [-0.3, -0.25) is 4.90 Å². The van der Waals surface area contributed by atoms with E-state index in [4.69, 9.17) is 4.74 Å². The second kappa shape index (κ2) is 10.7. The van der Waals surface area contributed by atoms with Crippen LogP contribution < -0.4 is 0 Å². The average molecular weight is 492 g/mol. The molecule has 1 aliphatic heterocycles. The van der Waals surface area contributed by atoms with Crippen LogP contribution in [-0.4, -0.2) is 35.6 Å². The molecular weight excluding hydrogens is 454 g/mol. The molecule has 3 nitrogen and oxygen atoms in total. The van der Waals surface area contributed by atoms with Gasteiger partial charge in [0.25, 0.3) is 0 Å². The van der Waals surface area contributed by atoms with Crippen molar-refractivity contribution in [2.75, 3.05) is 13.1 Å². The Kier molecular flexibility index (Phi) is 6.97. The van der Waals surface area contributed by atoms with E-state index in [9.17, 15) is 4.79 Å². The van der Waals surface area contributed by atoms with Gasteiger partial charge in [0.15, 0.2) is 0 Å². The maximum atomic E-state index is 13.2. The Morgan fingerprint density at radius 3 is 1.84 bits per heavy atom. The zero-order valence-electron chi connectivity index (χ0n) is 21.5. The molecule has 3 atom stereocenters. The molecule has 0 aromatic heterocycles. The molecule has 3 unspecified atom stereocenters. The van der Waals surface area contributed by atoms with Crippen LogP contribution in [0.25, 0.3) is 6.08 Å². The van der Waals surface area contributed by atoms with Crippen LogP contribution in [0.4, 0.5) is 0 Å². The summed E-state index contributed by atoms with van der Waals surface area (Å²) in [5.41, 5.74) is 3.84. The summed E-state index contributed by atoms with van der Waals surface area (Å²) in [5, 5.41) is 0. The minimum Gasteiger partial charge on any atom is -0.459 e. The van der Waals surface area contributed by atoms with E-state index in [0.29, 0.717) is 11.8 Å². The summed E-state index contributed by atoms with van der Waals surface area (Å²) in [6.45, 7) is 2.31. The monoisotopic (exact) mass is 491 g/mol. The molecule has 190 valence electrons. The summed E-state index contributed by atoms with van der Waals surface area (Å²) in [6.07, 6.45) is 10.5. The first-order valence-electron chi connectivity index (χ1n) is 14.0. The number of likely N-dealkylation sites (tertiary alicyclic amines) is 1. The maximum absolute atomic E-state index is 13.2. The molecule has 4 fully saturated rings. The number of nitrogens with zero attached hydrogens (tertiary/aromatic N) is 1. The van der Waals surface area contributed by atoms with Gasteiger partial charge in [0, 0.05) is 24.0 Å². The number of benzene rings is 3. The molecule has 3 aromatic rings. The van der Waals surface area contributed by atoms with Crippen LogP contribution in [0.5, 0.6) is 0 Å². The quantitative estimate of drug-likeness (QED) is 0.269. The highest BCUT2D eigenvalue weighted by Gasteiger charge is 2.59. The summed E-state index contributed by atoms with van der Waals surface area (Å²) in [4.78, 5) is 16.0. The van der Waals surface area contributed by atoms with Crippen LogP contribution in [0.3, 0.4) is 0 Å². The van der Waals surface area contributed by atoms with Crippen LogP contribution in [0.1, 0.15) is 67.1 Å². The number of carbonyl (C=O) groups excluding carboxylic acids is 1. The van der Waals surface area contributed by atoms with Crippen molar-refractivity contribution < 1.29 is 9.53 Å². The first-order valence-corrected chi connectivity index (χ1v) is 14.0. The highest BCUT2D eigenvalue weighted by molar-refractivity contribution is 5.87. The zero-order valence-corrected chi connectivity index (χ0v) is 21.5. The summed E-state index contributed by atoms with van der Waals surface area (Å²) >= 11 is 0. The Morgan fingerprint density at radius 2 is 1.27 bits per heavy atom. The standard InChI is InChI=1S/C34H37NO2/c36-32(20-19-26-13-5-1-6-14-26)37-31-25-34(35-21-11-4-12-22-35)23-29(27-15-7-2-8-16-27)33(31)30(24-34)28-17-9-3-10-18-28/h1-3,5-10,13-20,29-31,33H,4,11-12,21-25H2/b20-19+. The topological polar surface area (TPSA) is 29.5 Å². The molecule has 2 bridgehead atoms. The van der Waals surface area contributed by atoms with Crippen molar-refractivity contribution >= 4 is 12.0 Å². The van der Waals surface area contributed by atoms with Crippen LogP contribution in [0.2, 0.25) is 0 Å². The number of esters is 1. The van der Waals surface area contributed by atoms with Gasteiger partial charge in [-0.25, -0.2) is 4.79 Å². The third-order valence-corrected chi connectivity index (χ3v) is 9.10. The van der Waals surface area contributed by atoms with Gasteiger partial charge in [-0.05, 0) is 73.4 Å². The molecule has 3 saturated carbocycles. The molecule has 0 N–H and O–H groups in total. The van der Waals surface area contributed by atoms with Gasteiger partial charge in [0.05, 0.1) is 0 Å². The SMILES string of the molecule is O=C(/C=C/c1ccccc1)OC1CC2(N3CCCCC3)CC(c3ccccc3)C1C(c1ccccc1)C2. The Morgan fingerprint density at radius 1 is 0.730 bits per heavy atom. The van der Waals surface area contributed by atoms with E-state index in [1.54, 1.807) is 6.08 Å². The minimum absolute atomic E-state index is 0.0598. The third kappa shape index (κ3) is 5.02. The molecule has 3 aromatic carbocycles. The van der Waals surface area contributed by atoms with E-state index >= 15 is 0 Å². The molecule has 37 heavy (non-hydrogen) atoms. The highest BCUT2D eigenvalue weighted by atomic mass is 16.5. The van der Waals surface area contributed by atoms with E-state index in [0.717, 1.165) is 37.9 Å². The van der Waals surface area contributed by atoms with Gasteiger partial charge in [-0.15, -0.1) is 0 Å². The lowest BCUT2D eigenvalue weighted by Gasteiger charge is -2.62. The fraction of sp³-hybridized carbons (Fsp3) is 0.382. The fourth-order valence-corrected chi connectivity index (χ4v) is 7.52. The van der Waals surface area contributed by atoms with E-state index in [2.05, 4.69) is 65.6 Å². The van der Waals surface area contributed by atoms with Crippen LogP contribution in [-0.2, 0) is 9.53 Å². The molecule has 4 aliphatic rings. The number of rotatable bonds is 6. The molecule has 0 amide bonds. The van der Waals surface area contributed by atoms with Crippen LogP contribution in [0.15, 0.2) is 97.1 Å². The lowest BCUT2D eigenvalue weighted by Crippen LogP contribution is -2.64. The third-order valence-electron chi connectivity index (χ3n) is 9.10. The number of fused-ring (bicyclic) bond motifs is 3. The summed E-state index contributed by atoms with van der Waals surface area (Å²) in [7, 11) is 0. The minimum atomic E-state index is -0.228. The zero-order chi connectivity index (χ0) is 25.1. The van der Waals surface area contributed by atoms with Crippen molar-refractivity contribution in [1.82, 2.24) is 4.90 Å². The molecular formula is C34H37NO2. The fourth-order valence-electron chi connectivity index (χ4n) is 7.52. The number of hydrogen-bond acceptors (Lipinski definition) is 3. The Labute approximate surface area is 221 Å². The van der Waals surface area contributed by atoms with E-state index in [-0.39, 0.29) is 23.5 Å². The van der Waals surface area contributed by atoms with Gasteiger partial charge in [-0.1, -0.05) is 97.4 Å². The molecule has 1 saturated heterocycles. The van der Waals surface area contributed by atoms with E-state index < -0.39 is 0 Å². The van der Waals surface area contributed by atoms with Gasteiger partial charge >= 0.3 is 5.97 Å². The first-order chi connectivity index (χ1) is 18.2. The molecule has 3 aliphatic carbocycles. The second-order valence-electron chi connectivity index (χ2n) is 11.2. The predicted molar refractivity (Wildman–Crippen MR) is 149 cm³/mol. The number of piperidine rings is 1. The van der Waals surface area contributed by atoms with Crippen molar-refractivity contribution in [2.24, 2.45) is 5.92 Å². The largest absolute Gasteiger partial charge is 0.459 e. The normalized spacial score (nSPS) is 29.8. The van der Waals surface area contributed by atoms with Crippen LogP contribution >= 0.6 is 0 Å². The maximum Gasteiger partial charge on any atom is 0.331 e. The molecule has 1 heterocycles. The second-order valence-corrected chi connectivity index (χ2v) is 11.2. The van der Waals surface area contributed by atoms with Crippen molar-refractivity contribution in [3.63, 3.8) is 0 Å². The molecule has 7 rings (SSSR count). The molecule has 0 spiro atoms. The van der Waals surface area contributed by atoms with Gasteiger partial charge in [-0.2, -0.15) is 0 Å². The Hall–Kier alpha value is -3.17. The van der Waals surface area contributed by atoms with Crippen molar-refractivity contribution in [1.29, 1.82) is 0 Å². The van der Waals surface area contributed by atoms with Gasteiger partial charge in [0.2, 0.25) is 0 Å². The number of hydrogen-bond donors (Lipinski definition) is 0. The number of carbonyl (C=O) groups is 1. The van der Waals surface area contributed by atoms with Gasteiger partial charge in [0.1, 0.15) is 6.10 Å². The Balaban J connectivity index is 1.37. The van der Waals surface area contributed by atoms with Crippen LogP contribution in [0, 0.1) is 5.92 Å². The lowest BCUT2D eigenvalue weighted by atomic mass is 9.51. The van der Waals surface area contributed by atoms with E-state index in [1.807, 2.05) is 36.4 Å². The Bertz CT molecular complexity index is 1150. The lowest BCUT2D eigenvalue weighted by molar-refractivity contribution is -0.164. The summed E-state index contributed by atoms with van der Waals surface area (Å²) < 4.78 is 6.41. The molecule has 0 radical (unpaired) electrons. The predicted octanol–water partition coefficient (Wildman–Crippen LogP) is 7.22. The number of ether oxygens (including phenoxy) is 1. The highest BCUT2D eigenvalue weighted by Crippen LogP contribution is 2.60. The van der Waals surface area contributed by atoms with Crippen molar-refractivity contribution in [3.05, 3.63) is 114 Å². The first kappa shape index (κ1) is 24.2. The van der Waals surface area contributed by atoms with Crippen molar-refractivity contribution in [3.8, 4) is 0 Å². The average Bonchev–Trinajstić information content (AvgIpc) is 2.98. The van der Waals surface area contributed by atoms with Gasteiger partial charge < -0.3 is 4.74 Å². The smallest absolute Gasteiger partial charge is 0.331 e.